The Bertz CT molecular complexity index is 709. The van der Waals surface area contributed by atoms with Crippen molar-refractivity contribution < 1.29 is 0 Å². The van der Waals surface area contributed by atoms with Crippen molar-refractivity contribution in [2.75, 3.05) is 36.4 Å². The summed E-state index contributed by atoms with van der Waals surface area (Å²) in [5.74, 6) is 1.09. The first-order valence-corrected chi connectivity index (χ1v) is 8.49. The van der Waals surface area contributed by atoms with Crippen molar-refractivity contribution in [3.8, 4) is 0 Å². The molecule has 6 heteroatoms. The van der Waals surface area contributed by atoms with Crippen LogP contribution < -0.4 is 21.3 Å². The van der Waals surface area contributed by atoms with Crippen LogP contribution in [0, 0.1) is 6.92 Å². The van der Waals surface area contributed by atoms with Crippen molar-refractivity contribution in [3.63, 3.8) is 0 Å². The summed E-state index contributed by atoms with van der Waals surface area (Å²) in [5, 5.41) is 8.00. The minimum Gasteiger partial charge on any atom is -0.361 e. The maximum atomic E-state index is 5.47. The Balaban J connectivity index is 1.83. The van der Waals surface area contributed by atoms with Crippen molar-refractivity contribution in [2.45, 2.75) is 19.8 Å². The summed E-state index contributed by atoms with van der Waals surface area (Å²) in [6.45, 7) is 5.58. The van der Waals surface area contributed by atoms with E-state index in [2.05, 4.69) is 40.7 Å². The van der Waals surface area contributed by atoms with Crippen LogP contribution in [0.15, 0.2) is 24.3 Å². The second kappa shape index (κ2) is 7.10. The van der Waals surface area contributed by atoms with E-state index >= 15 is 0 Å². The molecule has 1 aliphatic rings. The molecule has 1 aromatic carbocycles. The molecule has 0 atom stereocenters. The van der Waals surface area contributed by atoms with Crippen LogP contribution in [0.4, 0.5) is 11.5 Å². The van der Waals surface area contributed by atoms with Crippen LogP contribution in [0.25, 0.3) is 10.9 Å². The second-order valence-electron chi connectivity index (χ2n) is 5.89. The lowest BCUT2D eigenvalue weighted by Gasteiger charge is -2.18. The highest BCUT2D eigenvalue weighted by atomic mass is 32.1. The number of pyridine rings is 1. The third kappa shape index (κ3) is 3.71. The van der Waals surface area contributed by atoms with Crippen molar-refractivity contribution in [2.24, 2.45) is 5.73 Å². The Kier molecular flexibility index (Phi) is 4.93. The average Bonchev–Trinajstić information content (AvgIpc) is 3.08. The molecule has 1 saturated heterocycles. The van der Waals surface area contributed by atoms with E-state index in [0.717, 1.165) is 35.5 Å². The third-order valence-electron chi connectivity index (χ3n) is 4.12. The zero-order chi connectivity index (χ0) is 16.2. The maximum absolute atomic E-state index is 5.47. The lowest BCUT2D eigenvalue weighted by molar-refractivity contribution is 0.883. The number of anilines is 2. The highest BCUT2D eigenvalue weighted by Gasteiger charge is 2.15. The normalized spacial score (nSPS) is 14.3. The Morgan fingerprint density at radius 1 is 1.30 bits per heavy atom. The Morgan fingerprint density at radius 2 is 2.09 bits per heavy atom. The van der Waals surface area contributed by atoms with Gasteiger partial charge in [-0.1, -0.05) is 0 Å². The predicted molar refractivity (Wildman–Crippen MR) is 101 cm³/mol. The quantitative estimate of drug-likeness (QED) is 0.749. The topological polar surface area (TPSA) is 66.2 Å². The molecule has 23 heavy (non-hydrogen) atoms. The fourth-order valence-electron chi connectivity index (χ4n) is 2.92. The number of thiocarbonyl (C=S) groups is 1. The smallest absolute Gasteiger partial charge is 0.170 e. The van der Waals surface area contributed by atoms with Crippen LogP contribution in [0.3, 0.4) is 0 Å². The average molecular weight is 329 g/mol. The van der Waals surface area contributed by atoms with Crippen molar-refractivity contribution in [1.82, 2.24) is 10.3 Å². The number of aryl methyl sites for hydroxylation is 1. The molecule has 0 bridgehead atoms. The standard InChI is InChI=1S/C17H23N5S/c1-12-10-16(22-8-2-3-9-22)21-15-5-4-13(11-14(12)15)20-17(23)19-7-6-18/h4-5,10-11H,2-3,6-9,18H2,1H3,(H2,19,20,23). The van der Waals surface area contributed by atoms with E-state index in [1.807, 2.05) is 6.07 Å². The molecule has 0 saturated carbocycles. The van der Waals surface area contributed by atoms with E-state index in [1.54, 1.807) is 0 Å². The first-order valence-electron chi connectivity index (χ1n) is 8.08. The van der Waals surface area contributed by atoms with Gasteiger partial charge in [0.15, 0.2) is 5.11 Å². The third-order valence-corrected chi connectivity index (χ3v) is 4.37. The number of aromatic nitrogens is 1. The van der Waals surface area contributed by atoms with Crippen molar-refractivity contribution >= 4 is 39.7 Å². The number of hydrogen-bond donors (Lipinski definition) is 3. The lowest BCUT2D eigenvalue weighted by Crippen LogP contribution is -2.32. The van der Waals surface area contributed by atoms with E-state index in [1.165, 1.54) is 18.4 Å². The van der Waals surface area contributed by atoms with Gasteiger partial charge in [-0.2, -0.15) is 0 Å². The lowest BCUT2D eigenvalue weighted by atomic mass is 10.1. The van der Waals surface area contributed by atoms with Gasteiger partial charge in [0, 0.05) is 37.3 Å². The summed E-state index contributed by atoms with van der Waals surface area (Å²) < 4.78 is 0. The van der Waals surface area contributed by atoms with Gasteiger partial charge in [-0.15, -0.1) is 0 Å². The number of nitrogens with one attached hydrogen (secondary N) is 2. The van der Waals surface area contributed by atoms with Gasteiger partial charge in [0.1, 0.15) is 5.82 Å². The van der Waals surface area contributed by atoms with Crippen LogP contribution in [0.5, 0.6) is 0 Å². The van der Waals surface area contributed by atoms with Crippen LogP contribution in [0.1, 0.15) is 18.4 Å². The highest BCUT2D eigenvalue weighted by Crippen LogP contribution is 2.27. The van der Waals surface area contributed by atoms with Gasteiger partial charge >= 0.3 is 0 Å². The zero-order valence-corrected chi connectivity index (χ0v) is 14.2. The number of benzene rings is 1. The molecule has 4 N–H and O–H groups in total. The van der Waals surface area contributed by atoms with Crippen LogP contribution >= 0.6 is 12.2 Å². The molecule has 0 unspecified atom stereocenters. The maximum Gasteiger partial charge on any atom is 0.170 e. The minimum atomic E-state index is 0.557. The van der Waals surface area contributed by atoms with Crippen LogP contribution in [-0.4, -0.2) is 36.3 Å². The van der Waals surface area contributed by atoms with Crippen LogP contribution in [-0.2, 0) is 0 Å². The Morgan fingerprint density at radius 3 is 2.83 bits per heavy atom. The minimum absolute atomic E-state index is 0.557. The van der Waals surface area contributed by atoms with Gasteiger partial charge in [-0.3, -0.25) is 0 Å². The molecule has 2 heterocycles. The number of nitrogens with two attached hydrogens (primary N) is 1. The molecular formula is C17H23N5S. The largest absolute Gasteiger partial charge is 0.361 e. The van der Waals surface area contributed by atoms with Gasteiger partial charge in [-0.05, 0) is 61.8 Å². The molecule has 2 aromatic rings. The molecule has 1 aromatic heterocycles. The SMILES string of the molecule is Cc1cc(N2CCCC2)nc2ccc(NC(=S)NCCN)cc12. The fourth-order valence-corrected chi connectivity index (χ4v) is 3.14. The molecule has 5 nitrogen and oxygen atoms in total. The van der Waals surface area contributed by atoms with Gasteiger partial charge in [0.05, 0.1) is 5.52 Å². The van der Waals surface area contributed by atoms with E-state index in [-0.39, 0.29) is 0 Å². The summed E-state index contributed by atoms with van der Waals surface area (Å²) in [5.41, 5.74) is 8.70. The van der Waals surface area contributed by atoms with Gasteiger partial charge in [-0.25, -0.2) is 4.98 Å². The number of rotatable bonds is 4. The number of fused-ring (bicyclic) bond motifs is 1. The summed E-state index contributed by atoms with van der Waals surface area (Å²) in [6, 6.07) is 8.35. The second-order valence-corrected chi connectivity index (χ2v) is 6.30. The molecule has 1 fully saturated rings. The van der Waals surface area contributed by atoms with E-state index in [9.17, 15) is 0 Å². The Labute approximate surface area is 142 Å². The number of hydrogen-bond acceptors (Lipinski definition) is 4. The van der Waals surface area contributed by atoms with Gasteiger partial charge in [0.25, 0.3) is 0 Å². The molecule has 122 valence electrons. The molecule has 0 spiro atoms. The predicted octanol–water partition coefficient (Wildman–Crippen LogP) is 2.39. The monoisotopic (exact) mass is 329 g/mol. The molecule has 0 amide bonds. The highest BCUT2D eigenvalue weighted by molar-refractivity contribution is 7.80. The summed E-state index contributed by atoms with van der Waals surface area (Å²) in [6.07, 6.45) is 2.52. The number of nitrogens with zero attached hydrogens (tertiary/aromatic N) is 2. The van der Waals surface area contributed by atoms with Crippen LogP contribution in [0.2, 0.25) is 0 Å². The van der Waals surface area contributed by atoms with Gasteiger partial charge in [0.2, 0.25) is 0 Å². The van der Waals surface area contributed by atoms with Crippen molar-refractivity contribution in [3.05, 3.63) is 29.8 Å². The van der Waals surface area contributed by atoms with E-state index in [4.69, 9.17) is 22.9 Å². The fraction of sp³-hybridized carbons (Fsp3) is 0.412. The summed E-state index contributed by atoms with van der Waals surface area (Å²) in [7, 11) is 0. The summed E-state index contributed by atoms with van der Waals surface area (Å²) >= 11 is 5.25. The van der Waals surface area contributed by atoms with Crippen molar-refractivity contribution in [1.29, 1.82) is 0 Å². The Hall–Kier alpha value is -1.92. The zero-order valence-electron chi connectivity index (χ0n) is 13.4. The van der Waals surface area contributed by atoms with Gasteiger partial charge < -0.3 is 21.3 Å². The first-order chi connectivity index (χ1) is 11.2. The first kappa shape index (κ1) is 16.0. The van der Waals surface area contributed by atoms with E-state index < -0.39 is 0 Å². The molecule has 1 aliphatic heterocycles. The molecule has 0 radical (unpaired) electrons. The molecule has 3 rings (SSSR count). The molecule has 0 aliphatic carbocycles. The van der Waals surface area contributed by atoms with E-state index in [0.29, 0.717) is 18.2 Å². The molecular weight excluding hydrogens is 306 g/mol. The summed E-state index contributed by atoms with van der Waals surface area (Å²) in [4.78, 5) is 7.19.